The number of hydrogen-bond donors (Lipinski definition) is 1. The third kappa shape index (κ3) is 5.56. The van der Waals surface area contributed by atoms with Crippen LogP contribution in [0.15, 0.2) is 6.33 Å². The average Bonchev–Trinajstić information content (AvgIpc) is 2.78. The summed E-state index contributed by atoms with van der Waals surface area (Å²) in [5, 5.41) is 11.7. The number of nitrogens with one attached hydrogen (secondary N) is 1. The molecule has 1 unspecified atom stereocenters. The third-order valence-corrected chi connectivity index (χ3v) is 3.58. The van der Waals surface area contributed by atoms with E-state index in [0.717, 1.165) is 31.4 Å². The van der Waals surface area contributed by atoms with Crippen molar-refractivity contribution in [1.29, 1.82) is 0 Å². The maximum Gasteiger partial charge on any atom is 0.147 e. The summed E-state index contributed by atoms with van der Waals surface area (Å²) in [5.41, 5.74) is 0. The lowest BCUT2D eigenvalue weighted by molar-refractivity contribution is 0.230. The van der Waals surface area contributed by atoms with E-state index in [1.54, 1.807) is 0 Å². The van der Waals surface area contributed by atoms with Crippen LogP contribution in [0.3, 0.4) is 0 Å². The minimum atomic E-state index is 0. The van der Waals surface area contributed by atoms with Gasteiger partial charge in [0, 0.05) is 12.6 Å². The summed E-state index contributed by atoms with van der Waals surface area (Å²) < 4.78 is 2.15. The summed E-state index contributed by atoms with van der Waals surface area (Å²) >= 11 is 0. The second-order valence-corrected chi connectivity index (χ2v) is 5.66. The van der Waals surface area contributed by atoms with Crippen molar-refractivity contribution in [2.24, 2.45) is 5.92 Å². The van der Waals surface area contributed by atoms with Gasteiger partial charge < -0.3 is 9.88 Å². The highest BCUT2D eigenvalue weighted by Gasteiger charge is 2.16. The fourth-order valence-electron chi connectivity index (χ4n) is 2.64. The molecule has 2 heterocycles. The first kappa shape index (κ1) is 19.6. The molecule has 0 spiro atoms. The van der Waals surface area contributed by atoms with Crippen LogP contribution < -0.4 is 5.32 Å². The second-order valence-electron chi connectivity index (χ2n) is 5.66. The van der Waals surface area contributed by atoms with E-state index < -0.39 is 0 Å². The van der Waals surface area contributed by atoms with Crippen LogP contribution in [0.4, 0.5) is 0 Å². The number of aromatic nitrogens is 3. The van der Waals surface area contributed by atoms with Crippen LogP contribution >= 0.6 is 24.8 Å². The first-order valence-electron chi connectivity index (χ1n) is 6.94. The zero-order valence-corrected chi connectivity index (χ0v) is 14.2. The maximum atomic E-state index is 4.23. The number of halogens is 2. The molecule has 1 aromatic rings. The third-order valence-electron chi connectivity index (χ3n) is 3.58. The summed E-state index contributed by atoms with van der Waals surface area (Å²) in [7, 11) is 2.17. The fraction of sp³-hybridized carbons (Fsp3) is 0.846. The SMILES string of the molecule is CC(C)n1cnnc1CN(C)CC1CCCNC1.Cl.Cl. The molecule has 0 aliphatic carbocycles. The monoisotopic (exact) mass is 323 g/mol. The summed E-state index contributed by atoms with van der Waals surface area (Å²) in [6, 6.07) is 0.430. The lowest BCUT2D eigenvalue weighted by atomic mass is 9.99. The predicted molar refractivity (Wildman–Crippen MR) is 86.8 cm³/mol. The average molecular weight is 324 g/mol. The van der Waals surface area contributed by atoms with E-state index >= 15 is 0 Å². The van der Waals surface area contributed by atoms with Crippen molar-refractivity contribution >= 4 is 24.8 Å². The molecule has 2 rings (SSSR count). The Labute approximate surface area is 134 Å². The van der Waals surface area contributed by atoms with Gasteiger partial charge in [0.1, 0.15) is 12.2 Å². The molecule has 1 fully saturated rings. The van der Waals surface area contributed by atoms with E-state index in [4.69, 9.17) is 0 Å². The molecule has 118 valence electrons. The van der Waals surface area contributed by atoms with Crippen LogP contribution in [0.2, 0.25) is 0 Å². The van der Waals surface area contributed by atoms with Crippen LogP contribution in [0.1, 0.15) is 38.6 Å². The van der Waals surface area contributed by atoms with Gasteiger partial charge in [-0.3, -0.25) is 4.90 Å². The molecule has 7 heteroatoms. The van der Waals surface area contributed by atoms with E-state index in [9.17, 15) is 0 Å². The van der Waals surface area contributed by atoms with Crippen LogP contribution in [0, 0.1) is 5.92 Å². The lowest BCUT2D eigenvalue weighted by Gasteiger charge is -2.27. The first-order valence-corrected chi connectivity index (χ1v) is 6.94. The van der Waals surface area contributed by atoms with E-state index in [0.29, 0.717) is 6.04 Å². The number of hydrogen-bond acceptors (Lipinski definition) is 4. The Bertz CT molecular complexity index is 363. The highest BCUT2D eigenvalue weighted by atomic mass is 35.5. The van der Waals surface area contributed by atoms with Crippen LogP contribution in [-0.2, 0) is 6.54 Å². The molecule has 1 aromatic heterocycles. The van der Waals surface area contributed by atoms with Crippen molar-refractivity contribution in [2.45, 2.75) is 39.3 Å². The molecule has 20 heavy (non-hydrogen) atoms. The Kier molecular flexibility index (Phi) is 9.38. The summed E-state index contributed by atoms with van der Waals surface area (Å²) in [5.74, 6) is 1.84. The molecule has 0 bridgehead atoms. The molecule has 0 aromatic carbocycles. The van der Waals surface area contributed by atoms with Gasteiger partial charge in [-0.05, 0) is 52.7 Å². The van der Waals surface area contributed by atoms with Gasteiger partial charge in [0.05, 0.1) is 6.54 Å². The summed E-state index contributed by atoms with van der Waals surface area (Å²) in [6.07, 6.45) is 4.48. The first-order chi connectivity index (χ1) is 8.66. The summed E-state index contributed by atoms with van der Waals surface area (Å²) in [6.45, 7) is 8.69. The van der Waals surface area contributed by atoms with Crippen molar-refractivity contribution in [1.82, 2.24) is 25.0 Å². The molecule has 1 saturated heterocycles. The highest BCUT2D eigenvalue weighted by Crippen LogP contribution is 2.13. The zero-order chi connectivity index (χ0) is 13.0. The zero-order valence-electron chi connectivity index (χ0n) is 12.6. The molecular formula is C13H27Cl2N5. The van der Waals surface area contributed by atoms with Crippen molar-refractivity contribution in [3.63, 3.8) is 0 Å². The Hall–Kier alpha value is -0.360. The van der Waals surface area contributed by atoms with E-state index in [1.165, 1.54) is 19.4 Å². The van der Waals surface area contributed by atoms with Gasteiger partial charge in [0.2, 0.25) is 0 Å². The minimum Gasteiger partial charge on any atom is -0.316 e. The fourth-order valence-corrected chi connectivity index (χ4v) is 2.64. The lowest BCUT2D eigenvalue weighted by Crippen LogP contribution is -2.37. The van der Waals surface area contributed by atoms with Crippen LogP contribution in [0.25, 0.3) is 0 Å². The topological polar surface area (TPSA) is 46.0 Å². The van der Waals surface area contributed by atoms with Gasteiger partial charge in [-0.1, -0.05) is 0 Å². The highest BCUT2D eigenvalue weighted by molar-refractivity contribution is 5.85. The van der Waals surface area contributed by atoms with Crippen molar-refractivity contribution < 1.29 is 0 Å². The van der Waals surface area contributed by atoms with E-state index in [-0.39, 0.29) is 24.8 Å². The van der Waals surface area contributed by atoms with Gasteiger partial charge in [-0.25, -0.2) is 0 Å². The Balaban J connectivity index is 0.00000180. The molecule has 0 amide bonds. The predicted octanol–water partition coefficient (Wildman–Crippen LogP) is 2.13. The van der Waals surface area contributed by atoms with Crippen molar-refractivity contribution in [3.8, 4) is 0 Å². The molecule has 1 N–H and O–H groups in total. The Morgan fingerprint density at radius 1 is 1.45 bits per heavy atom. The van der Waals surface area contributed by atoms with Gasteiger partial charge in [0.25, 0.3) is 0 Å². The van der Waals surface area contributed by atoms with Crippen LogP contribution in [-0.4, -0.2) is 46.3 Å². The largest absolute Gasteiger partial charge is 0.316 e. The smallest absolute Gasteiger partial charge is 0.147 e. The second kappa shape index (κ2) is 9.55. The number of nitrogens with zero attached hydrogens (tertiary/aromatic N) is 4. The standard InChI is InChI=1S/C13H25N5.2ClH/c1-11(2)18-10-15-16-13(18)9-17(3)8-12-5-4-6-14-7-12;;/h10-12,14H,4-9H2,1-3H3;2*1H. The van der Waals surface area contributed by atoms with Crippen molar-refractivity contribution in [3.05, 3.63) is 12.2 Å². The van der Waals surface area contributed by atoms with E-state index in [1.807, 2.05) is 6.33 Å². The van der Waals surface area contributed by atoms with Crippen LogP contribution in [0.5, 0.6) is 0 Å². The quantitative estimate of drug-likeness (QED) is 0.901. The Morgan fingerprint density at radius 2 is 2.20 bits per heavy atom. The summed E-state index contributed by atoms with van der Waals surface area (Å²) in [4.78, 5) is 2.36. The molecule has 1 aliphatic rings. The Morgan fingerprint density at radius 3 is 2.80 bits per heavy atom. The van der Waals surface area contributed by atoms with Crippen molar-refractivity contribution in [2.75, 3.05) is 26.7 Å². The molecule has 0 radical (unpaired) electrons. The van der Waals surface area contributed by atoms with E-state index in [2.05, 4.69) is 45.9 Å². The molecule has 5 nitrogen and oxygen atoms in total. The van der Waals surface area contributed by atoms with Gasteiger partial charge in [0.15, 0.2) is 0 Å². The molecular weight excluding hydrogens is 297 g/mol. The molecule has 1 aliphatic heterocycles. The minimum absolute atomic E-state index is 0. The molecule has 1 atom stereocenters. The molecule has 0 saturated carbocycles. The normalized spacial score (nSPS) is 18.8. The van der Waals surface area contributed by atoms with Gasteiger partial charge >= 0.3 is 0 Å². The number of rotatable bonds is 5. The van der Waals surface area contributed by atoms with Gasteiger partial charge in [-0.15, -0.1) is 35.0 Å². The van der Waals surface area contributed by atoms with Gasteiger partial charge in [-0.2, -0.15) is 0 Å². The maximum absolute atomic E-state index is 4.23. The number of piperidine rings is 1.